The summed E-state index contributed by atoms with van der Waals surface area (Å²) in [5.41, 5.74) is 5.31. The first-order valence-corrected chi connectivity index (χ1v) is 14.1. The van der Waals surface area contributed by atoms with Crippen molar-refractivity contribution in [2.24, 2.45) is 0 Å². The number of aromatic nitrogens is 3. The van der Waals surface area contributed by atoms with Crippen molar-refractivity contribution in [2.75, 3.05) is 29.7 Å². The lowest BCUT2D eigenvalue weighted by Crippen LogP contribution is -2.20. The molecular formula is C27H29F2N7O5S. The van der Waals surface area contributed by atoms with E-state index in [4.69, 9.17) is 5.73 Å². The lowest BCUT2D eigenvalue weighted by molar-refractivity contribution is 0.0696. The van der Waals surface area contributed by atoms with Gasteiger partial charge >= 0.3 is 5.97 Å². The number of pyridine rings is 3. The number of halogens is 2. The topological polar surface area (TPSA) is 189 Å². The highest BCUT2D eigenvalue weighted by atomic mass is 32.2. The van der Waals surface area contributed by atoms with Crippen molar-refractivity contribution in [1.82, 2.24) is 20.3 Å². The Hall–Kier alpha value is -5.18. The van der Waals surface area contributed by atoms with Crippen LogP contribution in [0.4, 0.5) is 37.6 Å². The van der Waals surface area contributed by atoms with E-state index in [2.05, 4.69) is 30.9 Å². The number of aromatic carboxylic acids is 1. The summed E-state index contributed by atoms with van der Waals surface area (Å²) < 4.78 is 49.6. The molecule has 0 bridgehead atoms. The van der Waals surface area contributed by atoms with Crippen molar-refractivity contribution >= 4 is 50.5 Å². The second-order valence-electron chi connectivity index (χ2n) is 8.00. The lowest BCUT2D eigenvalue weighted by atomic mass is 10.1. The standard InChI is InChI=1S/C20H18FN5O5S.C5H5FN2.C2H6/c1-22-19(27)13-10-24-18(26-17-6-4-12(21)9-23-17)8-15(13)25-14-5-3-11(20(28)29)7-16(14)32(2,30)31;6-4-1-2-5(7)8-3-4;1-2/h3-10H,1-2H3,(H,22,27)(H,28,29)(H2,23,24,25,26);1-3H,(H2,7,8);1-2H3. The Balaban J connectivity index is 0.000000525. The van der Waals surface area contributed by atoms with Gasteiger partial charge in [-0.05, 0) is 42.5 Å². The van der Waals surface area contributed by atoms with Crippen LogP contribution in [0.3, 0.4) is 0 Å². The van der Waals surface area contributed by atoms with Gasteiger partial charge in [0.25, 0.3) is 5.91 Å². The van der Waals surface area contributed by atoms with Gasteiger partial charge in [-0.3, -0.25) is 4.79 Å². The fourth-order valence-corrected chi connectivity index (χ4v) is 3.98. The predicted molar refractivity (Wildman–Crippen MR) is 155 cm³/mol. The van der Waals surface area contributed by atoms with Crippen molar-refractivity contribution in [3.8, 4) is 0 Å². The van der Waals surface area contributed by atoms with E-state index in [0.29, 0.717) is 11.6 Å². The molecule has 0 aliphatic rings. The van der Waals surface area contributed by atoms with E-state index >= 15 is 0 Å². The zero-order valence-electron chi connectivity index (χ0n) is 23.0. The van der Waals surface area contributed by atoms with E-state index in [1.807, 2.05) is 13.8 Å². The number of sulfone groups is 1. The number of rotatable bonds is 7. The highest BCUT2D eigenvalue weighted by molar-refractivity contribution is 7.90. The first kappa shape index (κ1) is 33.0. The molecule has 0 spiro atoms. The monoisotopic (exact) mass is 601 g/mol. The molecule has 3 aromatic heterocycles. The van der Waals surface area contributed by atoms with Gasteiger partial charge in [-0.2, -0.15) is 0 Å². The number of nitrogens with one attached hydrogen (secondary N) is 3. The summed E-state index contributed by atoms with van der Waals surface area (Å²) in [7, 11) is -2.39. The normalized spacial score (nSPS) is 10.2. The number of carboxylic acids is 1. The van der Waals surface area contributed by atoms with Gasteiger partial charge in [0, 0.05) is 25.6 Å². The van der Waals surface area contributed by atoms with Gasteiger partial charge in [0.05, 0.1) is 39.8 Å². The highest BCUT2D eigenvalue weighted by Crippen LogP contribution is 2.30. The number of hydrogen-bond acceptors (Lipinski definition) is 10. The molecule has 42 heavy (non-hydrogen) atoms. The molecule has 1 aromatic carbocycles. The molecule has 1 amide bonds. The number of amides is 1. The van der Waals surface area contributed by atoms with Crippen LogP contribution < -0.4 is 21.7 Å². The Morgan fingerprint density at radius 1 is 0.833 bits per heavy atom. The maximum Gasteiger partial charge on any atom is 0.335 e. The molecule has 0 aliphatic carbocycles. The zero-order valence-corrected chi connectivity index (χ0v) is 23.8. The zero-order chi connectivity index (χ0) is 31.4. The van der Waals surface area contributed by atoms with Gasteiger partial charge in [-0.1, -0.05) is 13.8 Å². The maximum absolute atomic E-state index is 13.1. The number of nitrogens with two attached hydrogens (primary N) is 1. The minimum absolute atomic E-state index is 0.0692. The molecule has 0 radical (unpaired) electrons. The summed E-state index contributed by atoms with van der Waals surface area (Å²) in [6, 6.07) is 10.3. The fourth-order valence-electron chi connectivity index (χ4n) is 3.12. The summed E-state index contributed by atoms with van der Waals surface area (Å²) in [6.45, 7) is 4.00. The highest BCUT2D eigenvalue weighted by Gasteiger charge is 2.19. The molecule has 3 heterocycles. The molecule has 4 rings (SSSR count). The first-order chi connectivity index (χ1) is 19.9. The van der Waals surface area contributed by atoms with Gasteiger partial charge in [0.15, 0.2) is 9.84 Å². The number of nitrogens with zero attached hydrogens (tertiary/aromatic N) is 3. The number of anilines is 5. The molecule has 0 unspecified atom stereocenters. The first-order valence-electron chi connectivity index (χ1n) is 12.2. The van der Waals surface area contributed by atoms with Gasteiger partial charge in [0.1, 0.15) is 29.1 Å². The van der Waals surface area contributed by atoms with Crippen LogP contribution >= 0.6 is 0 Å². The van der Waals surface area contributed by atoms with Crippen molar-refractivity contribution in [3.05, 3.63) is 89.9 Å². The number of hydrogen-bond donors (Lipinski definition) is 5. The number of nitrogen functional groups attached to an aromatic ring is 1. The fraction of sp³-hybridized carbons (Fsp3) is 0.148. The van der Waals surface area contributed by atoms with Crippen LogP contribution in [0.5, 0.6) is 0 Å². The molecule has 4 aromatic rings. The molecule has 0 fully saturated rings. The van der Waals surface area contributed by atoms with Crippen molar-refractivity contribution < 1.29 is 31.9 Å². The van der Waals surface area contributed by atoms with E-state index in [1.54, 1.807) is 0 Å². The van der Waals surface area contributed by atoms with Crippen molar-refractivity contribution in [3.63, 3.8) is 0 Å². The van der Waals surface area contributed by atoms with E-state index in [0.717, 1.165) is 24.7 Å². The quantitative estimate of drug-likeness (QED) is 0.202. The molecule has 0 saturated heterocycles. The van der Waals surface area contributed by atoms with E-state index in [1.165, 1.54) is 55.7 Å². The molecule has 6 N–H and O–H groups in total. The van der Waals surface area contributed by atoms with Crippen LogP contribution in [0.2, 0.25) is 0 Å². The summed E-state index contributed by atoms with van der Waals surface area (Å²) in [5, 5.41) is 17.4. The van der Waals surface area contributed by atoms with Gasteiger partial charge in [0.2, 0.25) is 0 Å². The van der Waals surface area contributed by atoms with Gasteiger partial charge in [-0.25, -0.2) is 36.9 Å². The Morgan fingerprint density at radius 2 is 1.45 bits per heavy atom. The molecule has 0 saturated carbocycles. The van der Waals surface area contributed by atoms with E-state index in [9.17, 15) is 31.9 Å². The molecule has 12 nitrogen and oxygen atoms in total. The number of benzene rings is 1. The second-order valence-corrected chi connectivity index (χ2v) is 9.98. The summed E-state index contributed by atoms with van der Waals surface area (Å²) in [5.74, 6) is -1.78. The Morgan fingerprint density at radius 3 is 1.95 bits per heavy atom. The minimum atomic E-state index is -3.81. The molecule has 0 aliphatic heterocycles. The second kappa shape index (κ2) is 15.0. The van der Waals surface area contributed by atoms with Crippen molar-refractivity contribution in [1.29, 1.82) is 0 Å². The third-order valence-electron chi connectivity index (χ3n) is 5.01. The average molecular weight is 602 g/mol. The summed E-state index contributed by atoms with van der Waals surface area (Å²) in [6.07, 6.45) is 4.30. The van der Waals surface area contributed by atoms with Gasteiger partial charge < -0.3 is 26.8 Å². The van der Waals surface area contributed by atoms with E-state index < -0.39 is 27.5 Å². The lowest BCUT2D eigenvalue weighted by Gasteiger charge is -2.16. The third kappa shape index (κ3) is 9.48. The van der Waals surface area contributed by atoms with Crippen LogP contribution in [0.1, 0.15) is 34.6 Å². The average Bonchev–Trinajstić information content (AvgIpc) is 2.96. The van der Waals surface area contributed by atoms with Crippen LogP contribution in [-0.2, 0) is 9.84 Å². The number of carboxylic acid groups (broad SMARTS) is 1. The molecular weight excluding hydrogens is 572 g/mol. The molecule has 15 heteroatoms. The predicted octanol–water partition coefficient (Wildman–Crippen LogP) is 4.39. The molecule has 222 valence electrons. The van der Waals surface area contributed by atoms with Crippen LogP contribution in [0.25, 0.3) is 0 Å². The third-order valence-corrected chi connectivity index (χ3v) is 6.14. The Kier molecular flexibility index (Phi) is 11.8. The largest absolute Gasteiger partial charge is 0.478 e. The number of carbonyl (C=O) groups excluding carboxylic acids is 1. The Bertz CT molecular complexity index is 1620. The van der Waals surface area contributed by atoms with E-state index in [-0.39, 0.29) is 39.0 Å². The summed E-state index contributed by atoms with van der Waals surface area (Å²) in [4.78, 5) is 34.8. The maximum atomic E-state index is 13.1. The van der Waals surface area contributed by atoms with Crippen molar-refractivity contribution in [2.45, 2.75) is 18.7 Å². The minimum Gasteiger partial charge on any atom is -0.478 e. The number of carbonyl (C=O) groups is 2. The Labute approximate surface area is 241 Å². The SMILES string of the molecule is CC.CNC(=O)c1cnc(Nc2ccc(F)cn2)cc1Nc1ccc(C(=O)O)cc1S(C)(=O)=O.Nc1ccc(F)cn1. The van der Waals surface area contributed by atoms with Crippen LogP contribution in [-0.4, -0.2) is 53.7 Å². The van der Waals surface area contributed by atoms with Crippen LogP contribution in [0.15, 0.2) is 72.0 Å². The van der Waals surface area contributed by atoms with Crippen LogP contribution in [0, 0.1) is 11.6 Å². The summed E-state index contributed by atoms with van der Waals surface area (Å²) >= 11 is 0. The smallest absolute Gasteiger partial charge is 0.335 e. The van der Waals surface area contributed by atoms with Gasteiger partial charge in [-0.15, -0.1) is 0 Å². The molecule has 0 atom stereocenters.